The van der Waals surface area contributed by atoms with Crippen molar-refractivity contribution in [2.45, 2.75) is 6.54 Å². The lowest BCUT2D eigenvalue weighted by molar-refractivity contribution is -0.394. The molecule has 0 saturated carbocycles. The normalized spacial score (nSPS) is 10.6. The fourth-order valence-corrected chi connectivity index (χ4v) is 3.02. The summed E-state index contributed by atoms with van der Waals surface area (Å²) in [7, 11) is 0. The predicted octanol–water partition coefficient (Wildman–Crippen LogP) is 4.31. The number of halogens is 2. The van der Waals surface area contributed by atoms with E-state index in [1.54, 1.807) is 18.2 Å². The first-order valence-corrected chi connectivity index (χ1v) is 8.71. The van der Waals surface area contributed by atoms with Gasteiger partial charge in [-0.25, -0.2) is 0 Å². The first kappa shape index (κ1) is 20.2. The van der Waals surface area contributed by atoms with E-state index in [1.807, 2.05) is 0 Å². The van der Waals surface area contributed by atoms with Crippen molar-refractivity contribution in [2.75, 3.05) is 5.32 Å². The Balaban J connectivity index is 1.80. The van der Waals surface area contributed by atoms with E-state index in [0.29, 0.717) is 15.6 Å². The van der Waals surface area contributed by atoms with Gasteiger partial charge in [-0.05, 0) is 12.1 Å². The van der Waals surface area contributed by atoms with Gasteiger partial charge in [0, 0.05) is 33.9 Å². The number of nitro benzene ring substituents is 2. The number of aromatic nitrogens is 2. The largest absolute Gasteiger partial charge is 0.319 e. The molecule has 3 aromatic rings. The molecule has 1 N–H and O–H groups in total. The highest BCUT2D eigenvalue weighted by molar-refractivity contribution is 6.35. The monoisotopic (exact) mass is 435 g/mol. The Morgan fingerprint density at radius 2 is 1.66 bits per heavy atom. The predicted molar refractivity (Wildman–Crippen MR) is 105 cm³/mol. The molecule has 2 aromatic carbocycles. The molecule has 0 aliphatic rings. The first-order valence-electron chi connectivity index (χ1n) is 7.95. The van der Waals surface area contributed by atoms with Gasteiger partial charge in [-0.1, -0.05) is 29.3 Å². The van der Waals surface area contributed by atoms with Crippen LogP contribution >= 0.6 is 23.2 Å². The number of hydrogen-bond acceptors (Lipinski definition) is 6. The smallest absolute Gasteiger partial charge is 0.277 e. The summed E-state index contributed by atoms with van der Waals surface area (Å²) in [5.41, 5.74) is -0.423. The number of rotatable bonds is 6. The molecule has 0 fully saturated rings. The average molecular weight is 436 g/mol. The molecule has 12 heteroatoms. The van der Waals surface area contributed by atoms with Crippen molar-refractivity contribution < 1.29 is 14.6 Å². The van der Waals surface area contributed by atoms with Gasteiger partial charge in [-0.2, -0.15) is 5.10 Å². The number of nitrogens with one attached hydrogen (secondary N) is 1. The zero-order valence-electron chi connectivity index (χ0n) is 14.4. The molecule has 0 unspecified atom stereocenters. The van der Waals surface area contributed by atoms with E-state index in [-0.39, 0.29) is 17.8 Å². The van der Waals surface area contributed by atoms with Crippen molar-refractivity contribution in [3.8, 4) is 0 Å². The van der Waals surface area contributed by atoms with Gasteiger partial charge in [0.25, 0.3) is 17.3 Å². The van der Waals surface area contributed by atoms with E-state index in [0.717, 1.165) is 18.2 Å². The number of carbonyl (C=O) groups is 1. The lowest BCUT2D eigenvalue weighted by Gasteiger charge is -2.07. The van der Waals surface area contributed by atoms with Gasteiger partial charge < -0.3 is 5.32 Å². The molecule has 10 nitrogen and oxygen atoms in total. The minimum absolute atomic E-state index is 0.229. The van der Waals surface area contributed by atoms with Crippen LogP contribution in [-0.4, -0.2) is 25.5 Å². The molecule has 148 valence electrons. The molecule has 0 radical (unpaired) electrons. The Labute approximate surface area is 173 Å². The number of anilines is 1. The summed E-state index contributed by atoms with van der Waals surface area (Å²) in [6.07, 6.45) is 2.86. The summed E-state index contributed by atoms with van der Waals surface area (Å²) in [5.74, 6) is -0.757. The third-order valence-electron chi connectivity index (χ3n) is 3.86. The number of nitrogens with zero attached hydrogens (tertiary/aromatic N) is 4. The van der Waals surface area contributed by atoms with Crippen molar-refractivity contribution in [3.05, 3.63) is 90.2 Å². The molecule has 0 atom stereocenters. The maximum absolute atomic E-state index is 12.4. The summed E-state index contributed by atoms with van der Waals surface area (Å²) in [5, 5.41) is 29.4. The van der Waals surface area contributed by atoms with E-state index >= 15 is 0 Å². The molecule has 0 aliphatic heterocycles. The van der Waals surface area contributed by atoms with Crippen molar-refractivity contribution in [1.82, 2.24) is 9.78 Å². The third-order valence-corrected chi connectivity index (χ3v) is 4.57. The molecule has 1 heterocycles. The molecule has 0 saturated heterocycles. The summed E-state index contributed by atoms with van der Waals surface area (Å²) in [6.45, 7) is 0.247. The maximum Gasteiger partial charge on any atom is 0.277 e. The van der Waals surface area contributed by atoms with Crippen LogP contribution in [0.1, 0.15) is 15.9 Å². The molecule has 3 rings (SSSR count). The van der Waals surface area contributed by atoms with E-state index < -0.39 is 27.1 Å². The van der Waals surface area contributed by atoms with Gasteiger partial charge in [0.05, 0.1) is 39.9 Å². The van der Waals surface area contributed by atoms with Crippen LogP contribution in [0.25, 0.3) is 0 Å². The Morgan fingerprint density at radius 3 is 2.21 bits per heavy atom. The second-order valence-electron chi connectivity index (χ2n) is 5.83. The van der Waals surface area contributed by atoms with Crippen molar-refractivity contribution in [2.24, 2.45) is 0 Å². The van der Waals surface area contributed by atoms with Gasteiger partial charge in [0.1, 0.15) is 0 Å². The lowest BCUT2D eigenvalue weighted by Crippen LogP contribution is -2.12. The Morgan fingerprint density at radius 1 is 1.07 bits per heavy atom. The minimum atomic E-state index is -0.810. The quantitative estimate of drug-likeness (QED) is 0.452. The summed E-state index contributed by atoms with van der Waals surface area (Å²) in [6, 6.07) is 7.77. The van der Waals surface area contributed by atoms with Crippen LogP contribution in [0.5, 0.6) is 0 Å². The maximum atomic E-state index is 12.4. The second kappa shape index (κ2) is 8.25. The Hall–Kier alpha value is -3.50. The molecule has 29 heavy (non-hydrogen) atoms. The number of carbonyl (C=O) groups excluding carboxylic acids is 1. The first-order chi connectivity index (χ1) is 13.7. The van der Waals surface area contributed by atoms with Crippen LogP contribution in [0, 0.1) is 20.2 Å². The van der Waals surface area contributed by atoms with Crippen LogP contribution in [0.2, 0.25) is 10.0 Å². The zero-order chi connectivity index (χ0) is 21.1. The minimum Gasteiger partial charge on any atom is -0.319 e. The van der Waals surface area contributed by atoms with Crippen LogP contribution < -0.4 is 5.32 Å². The van der Waals surface area contributed by atoms with Crippen molar-refractivity contribution in [1.29, 1.82) is 0 Å². The number of amides is 1. The van der Waals surface area contributed by atoms with Gasteiger partial charge in [-0.3, -0.25) is 29.7 Å². The number of benzene rings is 2. The molecule has 0 spiro atoms. The molecule has 0 aliphatic carbocycles. The Kier molecular flexibility index (Phi) is 5.76. The summed E-state index contributed by atoms with van der Waals surface area (Å²) in [4.78, 5) is 32.7. The van der Waals surface area contributed by atoms with Gasteiger partial charge in [0.15, 0.2) is 0 Å². The molecule has 1 amide bonds. The molecular formula is C17H11Cl2N5O5. The van der Waals surface area contributed by atoms with Crippen molar-refractivity contribution >= 4 is 46.2 Å². The van der Waals surface area contributed by atoms with Gasteiger partial charge in [-0.15, -0.1) is 0 Å². The van der Waals surface area contributed by atoms with Crippen LogP contribution in [-0.2, 0) is 6.54 Å². The molecule has 1 aromatic heterocycles. The van der Waals surface area contributed by atoms with Crippen molar-refractivity contribution in [3.63, 3.8) is 0 Å². The van der Waals surface area contributed by atoms with Crippen LogP contribution in [0.3, 0.4) is 0 Å². The topological polar surface area (TPSA) is 133 Å². The van der Waals surface area contributed by atoms with E-state index in [9.17, 15) is 25.0 Å². The van der Waals surface area contributed by atoms with E-state index in [2.05, 4.69) is 10.4 Å². The van der Waals surface area contributed by atoms with Gasteiger partial charge >= 0.3 is 0 Å². The fourth-order valence-electron chi connectivity index (χ4n) is 2.50. The highest BCUT2D eigenvalue weighted by atomic mass is 35.5. The number of nitro groups is 2. The fraction of sp³-hybridized carbons (Fsp3) is 0.0588. The average Bonchev–Trinajstić information content (AvgIpc) is 3.11. The van der Waals surface area contributed by atoms with E-state index in [4.69, 9.17) is 23.2 Å². The second-order valence-corrected chi connectivity index (χ2v) is 6.65. The standard InChI is InChI=1S/C17H11Cl2N5O5/c18-15-2-1-3-16(19)14(15)9-22-8-11(7-20-22)21-17(25)10-4-12(23(26)27)6-13(5-10)24(28)29/h1-8H,9H2,(H,21,25). The SMILES string of the molecule is O=C(Nc1cnn(Cc2c(Cl)cccc2Cl)c1)c1cc([N+](=O)[O-])cc([N+](=O)[O-])c1. The Bertz CT molecular complexity index is 1080. The zero-order valence-corrected chi connectivity index (χ0v) is 15.9. The van der Waals surface area contributed by atoms with Gasteiger partial charge in [0.2, 0.25) is 0 Å². The summed E-state index contributed by atoms with van der Waals surface area (Å²) < 4.78 is 1.48. The lowest BCUT2D eigenvalue weighted by atomic mass is 10.1. The molecule has 0 bridgehead atoms. The third kappa shape index (κ3) is 4.68. The highest BCUT2D eigenvalue weighted by Crippen LogP contribution is 2.26. The molecular weight excluding hydrogens is 425 g/mol. The van der Waals surface area contributed by atoms with Crippen LogP contribution in [0.4, 0.5) is 17.1 Å². The number of hydrogen-bond donors (Lipinski definition) is 1. The van der Waals surface area contributed by atoms with E-state index in [1.165, 1.54) is 17.1 Å². The number of non-ortho nitro benzene ring substituents is 2. The summed E-state index contributed by atoms with van der Waals surface area (Å²) >= 11 is 12.3. The highest BCUT2D eigenvalue weighted by Gasteiger charge is 2.20. The van der Waals surface area contributed by atoms with Crippen LogP contribution in [0.15, 0.2) is 48.8 Å².